The third-order valence-electron chi connectivity index (χ3n) is 3.31. The highest BCUT2D eigenvalue weighted by atomic mass is 16.5. The lowest BCUT2D eigenvalue weighted by atomic mass is 10.1. The van der Waals surface area contributed by atoms with Crippen LogP contribution in [-0.4, -0.2) is 37.3 Å². The molecule has 0 radical (unpaired) electrons. The van der Waals surface area contributed by atoms with Gasteiger partial charge in [0, 0.05) is 32.8 Å². The maximum atomic E-state index is 5.73. The van der Waals surface area contributed by atoms with Crippen LogP contribution in [0, 0.1) is 0 Å². The summed E-state index contributed by atoms with van der Waals surface area (Å²) in [5.74, 6) is 0. The molecule has 1 atom stereocenters. The lowest BCUT2D eigenvalue weighted by Crippen LogP contribution is -2.33. The molecule has 19 heavy (non-hydrogen) atoms. The van der Waals surface area contributed by atoms with Crippen molar-refractivity contribution >= 4 is 6.01 Å². The van der Waals surface area contributed by atoms with Crippen LogP contribution in [0.5, 0.6) is 0 Å². The molecule has 0 amide bonds. The Morgan fingerprint density at radius 3 is 3.00 bits per heavy atom. The Kier molecular flexibility index (Phi) is 5.22. The molecule has 1 unspecified atom stereocenters. The maximum absolute atomic E-state index is 5.73. The number of anilines is 1. The van der Waals surface area contributed by atoms with E-state index in [2.05, 4.69) is 24.1 Å². The summed E-state index contributed by atoms with van der Waals surface area (Å²) in [5.41, 5.74) is 0.945. The second-order valence-electron chi connectivity index (χ2n) is 5.53. The van der Waals surface area contributed by atoms with Crippen LogP contribution in [0.4, 0.5) is 6.01 Å². The molecule has 1 aliphatic heterocycles. The predicted molar refractivity (Wildman–Crippen MR) is 75.3 cm³/mol. The van der Waals surface area contributed by atoms with Crippen LogP contribution in [0.2, 0.25) is 0 Å². The van der Waals surface area contributed by atoms with Gasteiger partial charge in [-0.1, -0.05) is 13.8 Å². The summed E-state index contributed by atoms with van der Waals surface area (Å²) < 4.78 is 11.3. The van der Waals surface area contributed by atoms with Crippen LogP contribution >= 0.6 is 0 Å². The van der Waals surface area contributed by atoms with Crippen molar-refractivity contribution in [2.45, 2.75) is 51.8 Å². The summed E-state index contributed by atoms with van der Waals surface area (Å²) in [4.78, 5) is 6.53. The van der Waals surface area contributed by atoms with E-state index < -0.39 is 0 Å². The van der Waals surface area contributed by atoms with Crippen molar-refractivity contribution in [3.63, 3.8) is 0 Å². The van der Waals surface area contributed by atoms with Crippen LogP contribution in [0.15, 0.2) is 10.7 Å². The van der Waals surface area contributed by atoms with Gasteiger partial charge in [0.25, 0.3) is 6.01 Å². The molecule has 1 aromatic heterocycles. The molecule has 0 bridgehead atoms. The Labute approximate surface area is 115 Å². The van der Waals surface area contributed by atoms with Crippen LogP contribution in [-0.2, 0) is 11.3 Å². The van der Waals surface area contributed by atoms with E-state index in [0.717, 1.165) is 31.8 Å². The average Bonchev–Trinajstić information content (AvgIpc) is 2.86. The van der Waals surface area contributed by atoms with Gasteiger partial charge in [-0.05, 0) is 19.3 Å². The van der Waals surface area contributed by atoms with Crippen molar-refractivity contribution in [2.75, 3.05) is 25.1 Å². The molecule has 0 aliphatic carbocycles. The zero-order valence-electron chi connectivity index (χ0n) is 12.2. The van der Waals surface area contributed by atoms with Gasteiger partial charge in [-0.25, -0.2) is 0 Å². The summed E-state index contributed by atoms with van der Waals surface area (Å²) in [7, 11) is 2.00. The van der Waals surface area contributed by atoms with E-state index in [4.69, 9.17) is 9.15 Å². The fraction of sp³-hybridized carbons (Fsp3) is 0.786. The van der Waals surface area contributed by atoms with Gasteiger partial charge in [-0.2, -0.15) is 4.98 Å². The van der Waals surface area contributed by atoms with Crippen molar-refractivity contribution in [1.82, 2.24) is 10.3 Å². The summed E-state index contributed by atoms with van der Waals surface area (Å²) in [6.45, 7) is 6.71. The third-order valence-corrected chi connectivity index (χ3v) is 3.31. The number of likely N-dealkylation sites (N-methyl/N-ethyl adjacent to an activating group) is 1. The highest BCUT2D eigenvalue weighted by Gasteiger charge is 2.18. The minimum Gasteiger partial charge on any atom is -0.432 e. The second kappa shape index (κ2) is 6.91. The highest BCUT2D eigenvalue weighted by molar-refractivity contribution is 5.25. The molecule has 1 fully saturated rings. The normalized spacial score (nSPS) is 19.9. The minimum absolute atomic E-state index is 0.308. The zero-order valence-corrected chi connectivity index (χ0v) is 12.2. The van der Waals surface area contributed by atoms with Crippen LogP contribution in [0.3, 0.4) is 0 Å². The molecule has 5 heteroatoms. The molecule has 2 heterocycles. The van der Waals surface area contributed by atoms with Crippen molar-refractivity contribution in [1.29, 1.82) is 0 Å². The molecule has 1 aromatic rings. The summed E-state index contributed by atoms with van der Waals surface area (Å²) in [5, 5.41) is 3.33. The van der Waals surface area contributed by atoms with E-state index in [1.807, 2.05) is 11.9 Å². The van der Waals surface area contributed by atoms with Gasteiger partial charge in [0.2, 0.25) is 0 Å². The smallest absolute Gasteiger partial charge is 0.297 e. The topological polar surface area (TPSA) is 50.5 Å². The largest absolute Gasteiger partial charge is 0.432 e. The Morgan fingerprint density at radius 2 is 2.32 bits per heavy atom. The number of rotatable bonds is 6. The lowest BCUT2D eigenvalue weighted by molar-refractivity contribution is 0.0211. The van der Waals surface area contributed by atoms with Gasteiger partial charge >= 0.3 is 0 Å². The van der Waals surface area contributed by atoms with E-state index in [1.54, 1.807) is 6.26 Å². The van der Waals surface area contributed by atoms with E-state index in [1.165, 1.54) is 12.8 Å². The van der Waals surface area contributed by atoms with Crippen molar-refractivity contribution in [3.05, 3.63) is 12.0 Å². The van der Waals surface area contributed by atoms with Gasteiger partial charge < -0.3 is 19.4 Å². The monoisotopic (exact) mass is 267 g/mol. The molecule has 1 aliphatic rings. The quantitative estimate of drug-likeness (QED) is 0.856. The SMILES string of the molecule is CC(C)NCc1coc(N(C)CC2CCCCO2)n1. The van der Waals surface area contributed by atoms with Crippen LogP contribution in [0.1, 0.15) is 38.8 Å². The van der Waals surface area contributed by atoms with Crippen molar-refractivity contribution in [3.8, 4) is 0 Å². The summed E-state index contributed by atoms with van der Waals surface area (Å²) in [6, 6.07) is 1.13. The average molecular weight is 267 g/mol. The fourth-order valence-corrected chi connectivity index (χ4v) is 2.20. The highest BCUT2D eigenvalue weighted by Crippen LogP contribution is 2.17. The first-order valence-corrected chi connectivity index (χ1v) is 7.15. The molecule has 0 saturated carbocycles. The van der Waals surface area contributed by atoms with Crippen molar-refractivity contribution in [2.24, 2.45) is 0 Å². The zero-order chi connectivity index (χ0) is 13.7. The fourth-order valence-electron chi connectivity index (χ4n) is 2.20. The van der Waals surface area contributed by atoms with E-state index >= 15 is 0 Å². The molecular formula is C14H25N3O2. The van der Waals surface area contributed by atoms with E-state index in [9.17, 15) is 0 Å². The van der Waals surface area contributed by atoms with Gasteiger partial charge in [-0.3, -0.25) is 0 Å². The Hall–Kier alpha value is -1.07. The third kappa shape index (κ3) is 4.51. The number of nitrogens with one attached hydrogen (secondary N) is 1. The molecule has 2 rings (SSSR count). The lowest BCUT2D eigenvalue weighted by Gasteiger charge is -2.26. The Balaban J connectivity index is 1.82. The Morgan fingerprint density at radius 1 is 1.47 bits per heavy atom. The van der Waals surface area contributed by atoms with Crippen molar-refractivity contribution < 1.29 is 9.15 Å². The van der Waals surface area contributed by atoms with Crippen LogP contribution < -0.4 is 10.2 Å². The number of oxazole rings is 1. The van der Waals surface area contributed by atoms with Crippen LogP contribution in [0.25, 0.3) is 0 Å². The van der Waals surface area contributed by atoms with E-state index in [0.29, 0.717) is 18.2 Å². The number of hydrogen-bond acceptors (Lipinski definition) is 5. The van der Waals surface area contributed by atoms with E-state index in [-0.39, 0.29) is 0 Å². The number of aromatic nitrogens is 1. The van der Waals surface area contributed by atoms with Gasteiger partial charge in [-0.15, -0.1) is 0 Å². The number of hydrogen-bond donors (Lipinski definition) is 1. The minimum atomic E-state index is 0.308. The number of ether oxygens (including phenoxy) is 1. The molecule has 108 valence electrons. The maximum Gasteiger partial charge on any atom is 0.297 e. The first-order chi connectivity index (χ1) is 9.15. The second-order valence-corrected chi connectivity index (χ2v) is 5.53. The number of nitrogens with zero attached hydrogens (tertiary/aromatic N) is 2. The summed E-state index contributed by atoms with van der Waals surface area (Å²) in [6.07, 6.45) is 5.61. The van der Waals surface area contributed by atoms with Gasteiger partial charge in [0.15, 0.2) is 0 Å². The first kappa shape index (κ1) is 14.3. The first-order valence-electron chi connectivity index (χ1n) is 7.15. The standard InChI is InChI=1S/C14H25N3O2/c1-11(2)15-8-12-10-19-14(16-12)17(3)9-13-6-4-5-7-18-13/h10-11,13,15H,4-9H2,1-3H3. The Bertz CT molecular complexity index is 373. The molecule has 0 aromatic carbocycles. The molecular weight excluding hydrogens is 242 g/mol. The molecule has 1 saturated heterocycles. The predicted octanol–water partition coefficient (Wildman–Crippen LogP) is 2.18. The molecule has 5 nitrogen and oxygen atoms in total. The summed E-state index contributed by atoms with van der Waals surface area (Å²) >= 11 is 0. The molecule has 0 spiro atoms. The van der Waals surface area contributed by atoms with Gasteiger partial charge in [0.1, 0.15) is 6.26 Å². The molecule has 1 N–H and O–H groups in total. The van der Waals surface area contributed by atoms with Gasteiger partial charge in [0.05, 0.1) is 11.8 Å².